The average Bonchev–Trinajstić information content (AvgIpc) is 2.35. The van der Waals surface area contributed by atoms with Gasteiger partial charge in [0.15, 0.2) is 5.78 Å². The molecule has 0 saturated carbocycles. The number of carbonyl (C=O) groups excluding carboxylic acids is 2. The van der Waals surface area contributed by atoms with Crippen molar-refractivity contribution in [2.24, 2.45) is 5.92 Å². The first-order valence-electron chi connectivity index (χ1n) is 5.41. The Morgan fingerprint density at radius 3 is 2.44 bits per heavy atom. The van der Waals surface area contributed by atoms with Crippen molar-refractivity contribution < 1.29 is 24.2 Å². The minimum atomic E-state index is -1.13. The molecule has 1 N–H and O–H groups in total. The van der Waals surface area contributed by atoms with Crippen molar-refractivity contribution in [2.45, 2.75) is 13.8 Å². The molecule has 0 aliphatic carbocycles. The number of ketones is 2. The van der Waals surface area contributed by atoms with E-state index in [9.17, 15) is 14.4 Å². The van der Waals surface area contributed by atoms with Crippen LogP contribution in [0.15, 0.2) is 24.3 Å². The van der Waals surface area contributed by atoms with Crippen LogP contribution in [0.4, 0.5) is 0 Å². The van der Waals surface area contributed by atoms with E-state index >= 15 is 0 Å². The van der Waals surface area contributed by atoms with Crippen LogP contribution in [-0.2, 0) is 9.59 Å². The number of carboxylic acid groups (broad SMARTS) is 1. The first kappa shape index (κ1) is 13.9. The van der Waals surface area contributed by atoms with Gasteiger partial charge in [0.05, 0.1) is 5.92 Å². The summed E-state index contributed by atoms with van der Waals surface area (Å²) in [6.07, 6.45) is 0. The van der Waals surface area contributed by atoms with Crippen LogP contribution >= 0.6 is 0 Å². The number of hydrogen-bond acceptors (Lipinski definition) is 4. The van der Waals surface area contributed by atoms with E-state index in [-0.39, 0.29) is 29.5 Å². The maximum absolute atomic E-state index is 11.5. The summed E-state index contributed by atoms with van der Waals surface area (Å²) in [7, 11) is 0. The van der Waals surface area contributed by atoms with Crippen molar-refractivity contribution in [3.63, 3.8) is 0 Å². The maximum Gasteiger partial charge on any atom is 0.339 e. The standard InChI is InChI=1S/C13H14O5/c1-8(9(2)14)11(15)7-18-12-6-4-3-5-10(12)13(16)17/h3-6,8H,7H2,1-2H3,(H,16,17). The van der Waals surface area contributed by atoms with Crippen LogP contribution in [-0.4, -0.2) is 29.2 Å². The van der Waals surface area contributed by atoms with Gasteiger partial charge in [-0.15, -0.1) is 0 Å². The Bertz CT molecular complexity index is 478. The molecule has 0 aromatic heterocycles. The van der Waals surface area contributed by atoms with Crippen molar-refractivity contribution in [1.29, 1.82) is 0 Å². The van der Waals surface area contributed by atoms with Gasteiger partial charge in [0.25, 0.3) is 0 Å². The summed E-state index contributed by atoms with van der Waals surface area (Å²) in [4.78, 5) is 33.4. The molecule has 0 spiro atoms. The zero-order valence-electron chi connectivity index (χ0n) is 10.2. The quantitative estimate of drug-likeness (QED) is 0.775. The van der Waals surface area contributed by atoms with E-state index in [2.05, 4.69) is 0 Å². The molecule has 0 aliphatic rings. The summed E-state index contributed by atoms with van der Waals surface area (Å²) in [5, 5.41) is 8.91. The Morgan fingerprint density at radius 2 is 1.89 bits per heavy atom. The van der Waals surface area contributed by atoms with Crippen molar-refractivity contribution >= 4 is 17.5 Å². The summed E-state index contributed by atoms with van der Waals surface area (Å²) in [6, 6.07) is 6.03. The number of para-hydroxylation sites is 1. The Labute approximate surface area is 104 Å². The minimum Gasteiger partial charge on any atom is -0.485 e. The van der Waals surface area contributed by atoms with Crippen molar-refractivity contribution in [2.75, 3.05) is 6.61 Å². The molecule has 0 fully saturated rings. The Kier molecular flexibility index (Phi) is 4.59. The Balaban J connectivity index is 2.72. The van der Waals surface area contributed by atoms with Gasteiger partial charge in [-0.1, -0.05) is 12.1 Å². The molecule has 5 nitrogen and oxygen atoms in total. The molecular weight excluding hydrogens is 236 g/mol. The molecule has 0 aliphatic heterocycles. The largest absolute Gasteiger partial charge is 0.485 e. The zero-order chi connectivity index (χ0) is 13.7. The van der Waals surface area contributed by atoms with E-state index in [0.717, 1.165) is 0 Å². The highest BCUT2D eigenvalue weighted by atomic mass is 16.5. The molecule has 1 rings (SSSR count). The molecule has 0 saturated heterocycles. The van der Waals surface area contributed by atoms with E-state index < -0.39 is 11.9 Å². The smallest absolute Gasteiger partial charge is 0.339 e. The summed E-state index contributed by atoms with van der Waals surface area (Å²) in [6.45, 7) is 2.51. The second kappa shape index (κ2) is 5.95. The van der Waals surface area contributed by atoms with Crippen LogP contribution in [0.5, 0.6) is 5.75 Å². The van der Waals surface area contributed by atoms with Crippen molar-refractivity contribution in [3.05, 3.63) is 29.8 Å². The normalized spacial score (nSPS) is 11.7. The number of carbonyl (C=O) groups is 3. The number of carboxylic acids is 1. The first-order chi connectivity index (χ1) is 8.43. The lowest BCUT2D eigenvalue weighted by Gasteiger charge is -2.10. The molecule has 18 heavy (non-hydrogen) atoms. The SMILES string of the molecule is CC(=O)C(C)C(=O)COc1ccccc1C(=O)O. The van der Waals surface area contributed by atoms with Gasteiger partial charge in [0.2, 0.25) is 0 Å². The fourth-order valence-electron chi connectivity index (χ4n) is 1.27. The molecule has 0 bridgehead atoms. The van der Waals surface area contributed by atoms with Crippen LogP contribution in [0, 0.1) is 5.92 Å². The molecule has 0 amide bonds. The summed E-state index contributed by atoms with van der Waals surface area (Å²) in [5.74, 6) is -2.36. The van der Waals surface area contributed by atoms with Gasteiger partial charge in [0.1, 0.15) is 23.7 Å². The van der Waals surface area contributed by atoms with Crippen molar-refractivity contribution in [3.8, 4) is 5.75 Å². The topological polar surface area (TPSA) is 80.7 Å². The lowest BCUT2D eigenvalue weighted by Crippen LogP contribution is -2.24. The van der Waals surface area contributed by atoms with Crippen LogP contribution in [0.3, 0.4) is 0 Å². The molecule has 1 aromatic carbocycles. The lowest BCUT2D eigenvalue weighted by molar-refractivity contribution is -0.132. The maximum atomic E-state index is 11.5. The number of rotatable bonds is 6. The van der Waals surface area contributed by atoms with Crippen LogP contribution in [0.1, 0.15) is 24.2 Å². The second-order valence-electron chi connectivity index (χ2n) is 3.89. The first-order valence-corrected chi connectivity index (χ1v) is 5.41. The van der Waals surface area contributed by atoms with Gasteiger partial charge in [0, 0.05) is 0 Å². The monoisotopic (exact) mass is 250 g/mol. The zero-order valence-corrected chi connectivity index (χ0v) is 10.2. The molecule has 0 radical (unpaired) electrons. The van der Waals surface area contributed by atoms with Crippen LogP contribution in [0.2, 0.25) is 0 Å². The summed E-state index contributed by atoms with van der Waals surface area (Å²) < 4.78 is 5.15. The number of benzene rings is 1. The lowest BCUT2D eigenvalue weighted by atomic mass is 10.0. The Hall–Kier alpha value is -2.17. The molecular formula is C13H14O5. The molecule has 0 heterocycles. The van der Waals surface area contributed by atoms with E-state index in [1.807, 2.05) is 0 Å². The Morgan fingerprint density at radius 1 is 1.28 bits per heavy atom. The highest BCUT2D eigenvalue weighted by Crippen LogP contribution is 2.18. The molecule has 1 aromatic rings. The highest BCUT2D eigenvalue weighted by molar-refractivity contribution is 6.01. The van der Waals surface area contributed by atoms with Gasteiger partial charge < -0.3 is 9.84 Å². The van der Waals surface area contributed by atoms with E-state index in [4.69, 9.17) is 9.84 Å². The number of aromatic carboxylic acids is 1. The van der Waals surface area contributed by atoms with Crippen LogP contribution in [0.25, 0.3) is 0 Å². The van der Waals surface area contributed by atoms with E-state index in [0.29, 0.717) is 0 Å². The van der Waals surface area contributed by atoms with Gasteiger partial charge >= 0.3 is 5.97 Å². The fraction of sp³-hybridized carbons (Fsp3) is 0.308. The predicted molar refractivity (Wildman–Crippen MR) is 63.7 cm³/mol. The number of Topliss-reactive ketones (excluding diaryl/α,β-unsaturated/α-hetero) is 2. The summed E-state index contributed by atoms with van der Waals surface area (Å²) >= 11 is 0. The predicted octanol–water partition coefficient (Wildman–Crippen LogP) is 1.56. The van der Waals surface area contributed by atoms with Crippen LogP contribution < -0.4 is 4.74 Å². The minimum absolute atomic E-state index is 0.0132. The molecule has 96 valence electrons. The van der Waals surface area contributed by atoms with E-state index in [1.54, 1.807) is 12.1 Å². The molecule has 5 heteroatoms. The van der Waals surface area contributed by atoms with Gasteiger partial charge in [-0.2, -0.15) is 0 Å². The number of hydrogen-bond donors (Lipinski definition) is 1. The van der Waals surface area contributed by atoms with Gasteiger partial charge in [-0.25, -0.2) is 4.79 Å². The van der Waals surface area contributed by atoms with Crippen molar-refractivity contribution in [1.82, 2.24) is 0 Å². The fourth-order valence-corrected chi connectivity index (χ4v) is 1.27. The molecule has 1 unspecified atom stereocenters. The summed E-state index contributed by atoms with van der Waals surface area (Å²) in [5.41, 5.74) is -0.0132. The second-order valence-corrected chi connectivity index (χ2v) is 3.89. The third-order valence-electron chi connectivity index (χ3n) is 2.58. The van der Waals surface area contributed by atoms with E-state index in [1.165, 1.54) is 26.0 Å². The average molecular weight is 250 g/mol. The highest BCUT2D eigenvalue weighted by Gasteiger charge is 2.19. The number of ether oxygens (including phenoxy) is 1. The van der Waals surface area contributed by atoms with Gasteiger partial charge in [-0.3, -0.25) is 9.59 Å². The third-order valence-corrected chi connectivity index (χ3v) is 2.58. The van der Waals surface area contributed by atoms with Gasteiger partial charge in [-0.05, 0) is 26.0 Å². The molecule has 1 atom stereocenters. The third kappa shape index (κ3) is 3.41.